The standard InChI is InChI=1S/C12H29IO4Si3/c1-7-11(13)12(14)15-9-8-10-18-16-20(5,6)17-19(2,3)4/h11H,7-10,18H2,1-6H3. The van der Waals surface area contributed by atoms with E-state index in [4.69, 9.17) is 13.0 Å². The Morgan fingerprint density at radius 2 is 1.85 bits per heavy atom. The molecule has 0 aromatic carbocycles. The van der Waals surface area contributed by atoms with Gasteiger partial charge in [-0.2, -0.15) is 0 Å². The van der Waals surface area contributed by atoms with Crippen LogP contribution < -0.4 is 0 Å². The van der Waals surface area contributed by atoms with Gasteiger partial charge in [0.1, 0.15) is 13.7 Å². The van der Waals surface area contributed by atoms with E-state index in [1.807, 2.05) is 6.92 Å². The lowest BCUT2D eigenvalue weighted by atomic mass is 10.3. The van der Waals surface area contributed by atoms with Crippen molar-refractivity contribution in [2.24, 2.45) is 0 Å². The second kappa shape index (κ2) is 9.72. The Bertz CT molecular complexity index is 295. The quantitative estimate of drug-likeness (QED) is 0.169. The lowest BCUT2D eigenvalue weighted by Crippen LogP contribution is -2.45. The number of halogens is 1. The average Bonchev–Trinajstić information content (AvgIpc) is 2.29. The van der Waals surface area contributed by atoms with Crippen molar-refractivity contribution < 1.29 is 17.8 Å². The third-order valence-corrected chi connectivity index (χ3v) is 12.6. The Morgan fingerprint density at radius 3 is 2.35 bits per heavy atom. The number of ether oxygens (including phenoxy) is 1. The minimum Gasteiger partial charge on any atom is -0.465 e. The van der Waals surface area contributed by atoms with E-state index in [1.165, 1.54) is 0 Å². The zero-order valence-electron chi connectivity index (χ0n) is 13.6. The van der Waals surface area contributed by atoms with Crippen LogP contribution in [0, 0.1) is 0 Å². The van der Waals surface area contributed by atoms with Crippen molar-refractivity contribution >= 4 is 55.2 Å². The molecule has 0 aromatic heterocycles. The van der Waals surface area contributed by atoms with Crippen LogP contribution >= 0.6 is 22.6 Å². The second-order valence-corrected chi connectivity index (χ2v) is 17.8. The zero-order chi connectivity index (χ0) is 15.8. The topological polar surface area (TPSA) is 44.8 Å². The van der Waals surface area contributed by atoms with Crippen LogP contribution in [0.25, 0.3) is 0 Å². The molecular weight excluding hydrogens is 419 g/mol. The van der Waals surface area contributed by atoms with Gasteiger partial charge < -0.3 is 13.0 Å². The van der Waals surface area contributed by atoms with Crippen molar-refractivity contribution in [3.63, 3.8) is 0 Å². The van der Waals surface area contributed by atoms with Crippen LogP contribution in [0.15, 0.2) is 0 Å². The second-order valence-electron chi connectivity index (χ2n) is 6.21. The molecule has 0 aliphatic heterocycles. The molecule has 1 unspecified atom stereocenters. The fourth-order valence-corrected chi connectivity index (χ4v) is 11.5. The van der Waals surface area contributed by atoms with Gasteiger partial charge in [0.15, 0.2) is 8.32 Å². The summed E-state index contributed by atoms with van der Waals surface area (Å²) in [6.45, 7) is 13.3. The molecule has 120 valence electrons. The minimum atomic E-state index is -1.93. The summed E-state index contributed by atoms with van der Waals surface area (Å²) in [4.78, 5) is 11.5. The number of alkyl halides is 1. The lowest BCUT2D eigenvalue weighted by molar-refractivity contribution is -0.142. The summed E-state index contributed by atoms with van der Waals surface area (Å²) in [6.07, 6.45) is 1.73. The molecule has 0 bridgehead atoms. The number of hydrogen-bond acceptors (Lipinski definition) is 4. The van der Waals surface area contributed by atoms with Crippen LogP contribution in [0.3, 0.4) is 0 Å². The van der Waals surface area contributed by atoms with Crippen LogP contribution in [-0.4, -0.2) is 43.1 Å². The predicted molar refractivity (Wildman–Crippen MR) is 100 cm³/mol. The molecule has 0 radical (unpaired) electrons. The number of rotatable bonds is 10. The molecule has 4 nitrogen and oxygen atoms in total. The summed E-state index contributed by atoms with van der Waals surface area (Å²) >= 11 is 2.13. The van der Waals surface area contributed by atoms with Gasteiger partial charge in [-0.15, -0.1) is 0 Å². The average molecular weight is 449 g/mol. The first kappa shape index (κ1) is 20.8. The van der Waals surface area contributed by atoms with Crippen LogP contribution in [0.1, 0.15) is 19.8 Å². The highest BCUT2D eigenvalue weighted by atomic mass is 127. The molecule has 0 saturated heterocycles. The SMILES string of the molecule is CCC(I)C(=O)OCCC[SiH2]O[Si](C)(C)O[Si](C)(C)C. The molecule has 0 aliphatic carbocycles. The van der Waals surface area contributed by atoms with Crippen LogP contribution in [0.5, 0.6) is 0 Å². The van der Waals surface area contributed by atoms with Gasteiger partial charge in [0.2, 0.25) is 0 Å². The third kappa shape index (κ3) is 11.4. The molecule has 0 heterocycles. The molecule has 0 amide bonds. The van der Waals surface area contributed by atoms with E-state index in [-0.39, 0.29) is 9.89 Å². The van der Waals surface area contributed by atoms with Crippen LogP contribution in [0.4, 0.5) is 0 Å². The summed E-state index contributed by atoms with van der Waals surface area (Å²) in [5.41, 5.74) is 0. The van der Waals surface area contributed by atoms with Gasteiger partial charge in [0, 0.05) is 0 Å². The predicted octanol–water partition coefficient (Wildman–Crippen LogP) is 3.21. The van der Waals surface area contributed by atoms with Crippen molar-refractivity contribution in [2.45, 2.75) is 62.5 Å². The maximum Gasteiger partial charge on any atom is 0.318 e. The van der Waals surface area contributed by atoms with Gasteiger partial charge in [-0.3, -0.25) is 4.79 Å². The van der Waals surface area contributed by atoms with Crippen molar-refractivity contribution in [3.05, 3.63) is 0 Å². The first-order valence-corrected chi connectivity index (χ1v) is 16.3. The summed E-state index contributed by atoms with van der Waals surface area (Å²) in [6, 6.07) is 1.04. The first-order chi connectivity index (χ1) is 9.07. The molecule has 1 atom stereocenters. The third-order valence-electron chi connectivity index (χ3n) is 2.40. The van der Waals surface area contributed by atoms with Crippen LogP contribution in [0.2, 0.25) is 38.8 Å². The molecular formula is C12H29IO4Si3. The first-order valence-electron chi connectivity index (χ1n) is 7.22. The molecule has 0 N–H and O–H groups in total. The smallest absolute Gasteiger partial charge is 0.318 e. The Balaban J connectivity index is 3.69. The highest BCUT2D eigenvalue weighted by Gasteiger charge is 2.30. The van der Waals surface area contributed by atoms with Gasteiger partial charge in [0.25, 0.3) is 0 Å². The van der Waals surface area contributed by atoms with Crippen molar-refractivity contribution in [2.75, 3.05) is 6.61 Å². The van der Waals surface area contributed by atoms with Crippen molar-refractivity contribution in [3.8, 4) is 0 Å². The van der Waals surface area contributed by atoms with E-state index in [1.54, 1.807) is 0 Å². The monoisotopic (exact) mass is 448 g/mol. The molecule has 20 heavy (non-hydrogen) atoms. The van der Waals surface area contributed by atoms with Gasteiger partial charge in [-0.25, -0.2) is 0 Å². The molecule has 0 rings (SSSR count). The molecule has 0 spiro atoms. The van der Waals surface area contributed by atoms with E-state index in [9.17, 15) is 4.79 Å². The summed E-state index contributed by atoms with van der Waals surface area (Å²) in [5.74, 6) is -0.0903. The molecule has 0 aromatic rings. The highest BCUT2D eigenvalue weighted by molar-refractivity contribution is 14.1. The lowest BCUT2D eigenvalue weighted by Gasteiger charge is -2.31. The number of carbonyl (C=O) groups excluding carboxylic acids is 1. The minimum absolute atomic E-state index is 0.0161. The summed E-state index contributed by atoms with van der Waals surface area (Å²) in [5, 5.41) is 0. The Kier molecular flexibility index (Phi) is 10.1. The van der Waals surface area contributed by atoms with E-state index >= 15 is 0 Å². The maximum atomic E-state index is 11.5. The van der Waals surface area contributed by atoms with E-state index in [2.05, 4.69) is 55.3 Å². The summed E-state index contributed by atoms with van der Waals surface area (Å²) in [7, 11) is -4.01. The maximum absolute atomic E-state index is 11.5. The summed E-state index contributed by atoms with van der Waals surface area (Å²) < 4.78 is 17.3. The number of esters is 1. The Morgan fingerprint density at radius 1 is 1.25 bits per heavy atom. The largest absolute Gasteiger partial charge is 0.465 e. The number of hydrogen-bond donors (Lipinski definition) is 0. The van der Waals surface area contributed by atoms with Gasteiger partial charge in [-0.05, 0) is 51.6 Å². The fourth-order valence-electron chi connectivity index (χ4n) is 1.72. The molecule has 0 fully saturated rings. The van der Waals surface area contributed by atoms with E-state index in [0.717, 1.165) is 18.9 Å². The highest BCUT2D eigenvalue weighted by Crippen LogP contribution is 2.15. The van der Waals surface area contributed by atoms with Gasteiger partial charge in [-0.1, -0.05) is 29.5 Å². The normalized spacial score (nSPS) is 14.8. The zero-order valence-corrected chi connectivity index (χ0v) is 19.2. The molecule has 0 aliphatic rings. The van der Waals surface area contributed by atoms with Gasteiger partial charge >= 0.3 is 14.5 Å². The van der Waals surface area contributed by atoms with Gasteiger partial charge in [0.05, 0.1) is 6.61 Å². The Labute approximate surface area is 141 Å². The molecule has 0 saturated carbocycles. The number of carbonyl (C=O) groups is 1. The van der Waals surface area contributed by atoms with Crippen LogP contribution in [-0.2, 0) is 17.8 Å². The van der Waals surface area contributed by atoms with E-state index < -0.39 is 26.6 Å². The van der Waals surface area contributed by atoms with E-state index in [0.29, 0.717) is 6.61 Å². The van der Waals surface area contributed by atoms with Crippen molar-refractivity contribution in [1.82, 2.24) is 0 Å². The Hall–Kier alpha value is 0.771. The van der Waals surface area contributed by atoms with Crippen molar-refractivity contribution in [1.29, 1.82) is 0 Å². The fraction of sp³-hybridized carbons (Fsp3) is 0.917. The molecule has 8 heteroatoms.